The van der Waals surface area contributed by atoms with Crippen LogP contribution < -0.4 is 4.90 Å². The van der Waals surface area contributed by atoms with Crippen molar-refractivity contribution in [2.75, 3.05) is 18.0 Å². The number of imidazole rings is 1. The van der Waals surface area contributed by atoms with E-state index in [0.717, 1.165) is 17.7 Å². The normalized spacial score (nSPS) is 20.2. The predicted molar refractivity (Wildman–Crippen MR) is 111 cm³/mol. The van der Waals surface area contributed by atoms with Crippen LogP contribution in [0, 0.1) is 12.8 Å². The molecule has 1 fully saturated rings. The largest absolute Gasteiger partial charge is 0.339 e. The molecule has 9 nitrogen and oxygen atoms in total. The highest BCUT2D eigenvalue weighted by atomic mass is 32.2. The SMILES string of the molecule is Cc1nc([C@@H]2CCCN2S(=O)(=O)c2cn(C)cn2)nc2c1CCC(=O)N2CC(C)C. The maximum absolute atomic E-state index is 13.2. The number of carbonyl (C=O) groups is 1. The van der Waals surface area contributed by atoms with Crippen LogP contribution >= 0.6 is 0 Å². The number of hydrogen-bond acceptors (Lipinski definition) is 6. The van der Waals surface area contributed by atoms with Crippen molar-refractivity contribution >= 4 is 21.7 Å². The summed E-state index contributed by atoms with van der Waals surface area (Å²) in [5.74, 6) is 1.46. The van der Waals surface area contributed by atoms with Gasteiger partial charge in [0.05, 0.1) is 12.4 Å². The van der Waals surface area contributed by atoms with Crippen molar-refractivity contribution in [3.63, 3.8) is 0 Å². The van der Waals surface area contributed by atoms with Gasteiger partial charge in [0.2, 0.25) is 5.91 Å². The Morgan fingerprint density at radius 3 is 2.67 bits per heavy atom. The molecule has 1 atom stereocenters. The van der Waals surface area contributed by atoms with Gasteiger partial charge in [0.25, 0.3) is 10.0 Å². The zero-order valence-corrected chi connectivity index (χ0v) is 18.7. The average molecular weight is 433 g/mol. The van der Waals surface area contributed by atoms with Crippen molar-refractivity contribution in [1.29, 1.82) is 0 Å². The summed E-state index contributed by atoms with van der Waals surface area (Å²) in [5, 5.41) is 0.0307. The van der Waals surface area contributed by atoms with E-state index >= 15 is 0 Å². The highest BCUT2D eigenvalue weighted by molar-refractivity contribution is 7.89. The van der Waals surface area contributed by atoms with Crippen LogP contribution in [0.3, 0.4) is 0 Å². The van der Waals surface area contributed by atoms with Crippen molar-refractivity contribution in [1.82, 2.24) is 23.8 Å². The number of rotatable bonds is 5. The van der Waals surface area contributed by atoms with Crippen molar-refractivity contribution in [2.45, 2.75) is 57.5 Å². The van der Waals surface area contributed by atoms with Gasteiger partial charge < -0.3 is 4.57 Å². The minimum Gasteiger partial charge on any atom is -0.339 e. The minimum absolute atomic E-state index is 0.0307. The van der Waals surface area contributed by atoms with E-state index in [1.165, 1.54) is 16.8 Å². The van der Waals surface area contributed by atoms with Gasteiger partial charge in [0.15, 0.2) is 5.03 Å². The number of hydrogen-bond donors (Lipinski definition) is 0. The van der Waals surface area contributed by atoms with Gasteiger partial charge in [-0.3, -0.25) is 9.69 Å². The van der Waals surface area contributed by atoms with E-state index in [1.807, 2.05) is 6.92 Å². The quantitative estimate of drug-likeness (QED) is 0.716. The van der Waals surface area contributed by atoms with Gasteiger partial charge in [-0.05, 0) is 32.1 Å². The standard InChI is InChI=1S/C20H28N6O3S/c1-13(2)10-25-18(27)8-7-15-14(3)22-19(23-20(15)25)16-6-5-9-26(16)30(28,29)17-11-24(4)12-21-17/h11-13,16H,5-10H2,1-4H3/t16-/m0/s1. The second kappa shape index (κ2) is 7.73. The van der Waals surface area contributed by atoms with Gasteiger partial charge >= 0.3 is 0 Å². The monoisotopic (exact) mass is 432 g/mol. The van der Waals surface area contributed by atoms with Crippen molar-refractivity contribution in [2.24, 2.45) is 13.0 Å². The molecule has 0 bridgehead atoms. The number of aromatic nitrogens is 4. The first-order valence-corrected chi connectivity index (χ1v) is 11.8. The summed E-state index contributed by atoms with van der Waals surface area (Å²) >= 11 is 0. The molecule has 0 radical (unpaired) electrons. The Balaban J connectivity index is 1.74. The van der Waals surface area contributed by atoms with Crippen molar-refractivity contribution < 1.29 is 13.2 Å². The molecular formula is C20H28N6O3S. The zero-order valence-electron chi connectivity index (χ0n) is 17.9. The first kappa shape index (κ1) is 20.9. The lowest BCUT2D eigenvalue weighted by Crippen LogP contribution is -2.40. The molecule has 1 saturated heterocycles. The molecule has 2 aromatic rings. The minimum atomic E-state index is -3.75. The number of carbonyl (C=O) groups excluding carboxylic acids is 1. The fraction of sp³-hybridized carbons (Fsp3) is 0.600. The first-order valence-electron chi connectivity index (χ1n) is 10.4. The van der Waals surface area contributed by atoms with Crippen LogP contribution in [0.25, 0.3) is 0 Å². The van der Waals surface area contributed by atoms with Gasteiger partial charge in [0.1, 0.15) is 11.6 Å². The van der Waals surface area contributed by atoms with E-state index in [4.69, 9.17) is 4.98 Å². The van der Waals surface area contributed by atoms with Crippen molar-refractivity contribution in [3.8, 4) is 0 Å². The predicted octanol–water partition coefficient (Wildman–Crippen LogP) is 1.98. The second-order valence-electron chi connectivity index (χ2n) is 8.52. The average Bonchev–Trinajstić information content (AvgIpc) is 3.33. The molecule has 30 heavy (non-hydrogen) atoms. The van der Waals surface area contributed by atoms with Gasteiger partial charge in [-0.2, -0.15) is 4.31 Å². The molecule has 2 aliphatic heterocycles. The Morgan fingerprint density at radius 1 is 1.23 bits per heavy atom. The number of anilines is 1. The van der Waals surface area contributed by atoms with E-state index in [-0.39, 0.29) is 10.9 Å². The van der Waals surface area contributed by atoms with E-state index in [9.17, 15) is 13.2 Å². The number of aryl methyl sites for hydroxylation is 2. The summed E-state index contributed by atoms with van der Waals surface area (Å²) in [4.78, 5) is 27.8. The summed E-state index contributed by atoms with van der Waals surface area (Å²) < 4.78 is 29.5. The zero-order chi connectivity index (χ0) is 21.6. The highest BCUT2D eigenvalue weighted by Gasteiger charge is 2.40. The summed E-state index contributed by atoms with van der Waals surface area (Å²) in [6, 6.07) is -0.459. The lowest BCUT2D eigenvalue weighted by Gasteiger charge is -2.31. The molecule has 10 heteroatoms. The summed E-state index contributed by atoms with van der Waals surface area (Å²) in [6.07, 6.45) is 5.43. The Morgan fingerprint density at radius 2 is 2.00 bits per heavy atom. The number of amides is 1. The molecule has 4 heterocycles. The topological polar surface area (TPSA) is 101 Å². The Kier molecular flexibility index (Phi) is 5.39. The first-order chi connectivity index (χ1) is 14.2. The van der Waals surface area contributed by atoms with E-state index < -0.39 is 16.1 Å². The Hall–Kier alpha value is -2.33. The lowest BCUT2D eigenvalue weighted by molar-refractivity contribution is -0.119. The Labute approximate surface area is 177 Å². The second-order valence-corrected chi connectivity index (χ2v) is 10.4. The van der Waals surface area contributed by atoms with E-state index in [2.05, 4.69) is 23.8 Å². The van der Waals surface area contributed by atoms with Gasteiger partial charge in [-0.25, -0.2) is 23.4 Å². The number of fused-ring (bicyclic) bond motifs is 1. The van der Waals surface area contributed by atoms with Crippen LogP contribution in [-0.4, -0.2) is 51.2 Å². The fourth-order valence-corrected chi connectivity index (χ4v) is 5.86. The molecule has 0 saturated carbocycles. The molecule has 1 amide bonds. The summed E-state index contributed by atoms with van der Waals surface area (Å²) in [7, 11) is -2.01. The molecule has 0 aromatic carbocycles. The summed E-state index contributed by atoms with van der Waals surface area (Å²) in [5.41, 5.74) is 1.80. The van der Waals surface area contributed by atoms with Crippen LogP contribution in [-0.2, 0) is 28.3 Å². The molecule has 162 valence electrons. The number of sulfonamides is 1. The highest BCUT2D eigenvalue weighted by Crippen LogP contribution is 2.37. The van der Waals surface area contributed by atoms with Gasteiger partial charge in [-0.1, -0.05) is 13.8 Å². The summed E-state index contributed by atoms with van der Waals surface area (Å²) in [6.45, 7) is 7.03. The molecular weight excluding hydrogens is 404 g/mol. The third-order valence-corrected chi connectivity index (χ3v) is 7.45. The van der Waals surface area contributed by atoms with E-state index in [1.54, 1.807) is 16.5 Å². The van der Waals surface area contributed by atoms with Crippen LogP contribution in [0.4, 0.5) is 5.82 Å². The molecule has 4 rings (SSSR count). The van der Waals surface area contributed by atoms with Gasteiger partial charge in [-0.15, -0.1) is 0 Å². The molecule has 0 unspecified atom stereocenters. The van der Waals surface area contributed by atoms with Crippen LogP contribution in [0.1, 0.15) is 56.2 Å². The number of nitrogens with zero attached hydrogens (tertiary/aromatic N) is 6. The lowest BCUT2D eigenvalue weighted by atomic mass is 10.0. The molecule has 0 N–H and O–H groups in total. The molecule has 0 spiro atoms. The fourth-order valence-electron chi connectivity index (χ4n) is 4.23. The Bertz CT molecular complexity index is 1080. The van der Waals surface area contributed by atoms with Crippen LogP contribution in [0.15, 0.2) is 17.6 Å². The molecule has 2 aliphatic rings. The maximum Gasteiger partial charge on any atom is 0.262 e. The molecule has 0 aliphatic carbocycles. The molecule has 2 aromatic heterocycles. The maximum atomic E-state index is 13.2. The smallest absolute Gasteiger partial charge is 0.262 e. The third-order valence-electron chi connectivity index (χ3n) is 5.66. The third kappa shape index (κ3) is 3.62. The van der Waals surface area contributed by atoms with Gasteiger partial charge in [0, 0.05) is 44.0 Å². The van der Waals surface area contributed by atoms with Crippen LogP contribution in [0.2, 0.25) is 0 Å². The van der Waals surface area contributed by atoms with Crippen molar-refractivity contribution in [3.05, 3.63) is 29.6 Å². The van der Waals surface area contributed by atoms with E-state index in [0.29, 0.717) is 49.9 Å². The van der Waals surface area contributed by atoms with Crippen LogP contribution in [0.5, 0.6) is 0 Å².